The van der Waals surface area contributed by atoms with E-state index >= 15 is 0 Å². The smallest absolute Gasteiger partial charge is 0.0413 e. The van der Waals surface area contributed by atoms with Gasteiger partial charge in [0.05, 0.1) is 0 Å². The first-order valence-corrected chi connectivity index (χ1v) is 8.00. The fourth-order valence-electron chi connectivity index (χ4n) is 2.56. The van der Waals surface area contributed by atoms with E-state index in [4.69, 9.17) is 0 Å². The first-order valence-electron chi connectivity index (χ1n) is 6.33. The van der Waals surface area contributed by atoms with Crippen molar-refractivity contribution in [2.45, 2.75) is 25.8 Å². The summed E-state index contributed by atoms with van der Waals surface area (Å²) in [5.74, 6) is 0.874. The topological polar surface area (TPSA) is 15.3 Å². The van der Waals surface area contributed by atoms with Crippen LogP contribution in [-0.2, 0) is 0 Å². The summed E-state index contributed by atoms with van der Waals surface area (Å²) in [4.78, 5) is 4.09. The van der Waals surface area contributed by atoms with Gasteiger partial charge in [-0.1, -0.05) is 0 Å². The second kappa shape index (κ2) is 6.32. The molecule has 0 aromatic carbocycles. The molecular weight excluding hydrogens is 296 g/mol. The van der Waals surface area contributed by atoms with E-state index in [2.05, 4.69) is 51.6 Å². The molecule has 0 bridgehead atoms. The van der Waals surface area contributed by atoms with Gasteiger partial charge >= 0.3 is 0 Å². The lowest BCUT2D eigenvalue weighted by atomic mass is 9.96. The highest BCUT2D eigenvalue weighted by atomic mass is 79.9. The summed E-state index contributed by atoms with van der Waals surface area (Å²) in [6, 6.07) is 2.83. The Morgan fingerprint density at radius 1 is 1.53 bits per heavy atom. The Hall–Kier alpha value is 0.1000. The Labute approximate surface area is 117 Å². The van der Waals surface area contributed by atoms with Gasteiger partial charge in [0, 0.05) is 20.8 Å². The molecule has 1 atom stereocenters. The minimum Gasteiger partial charge on any atom is -0.319 e. The van der Waals surface area contributed by atoms with E-state index in [1.54, 1.807) is 0 Å². The summed E-state index contributed by atoms with van der Waals surface area (Å²) in [5, 5.41) is 5.47. The second-order valence-corrected chi connectivity index (χ2v) is 6.74. The van der Waals surface area contributed by atoms with Gasteiger partial charge in [-0.2, -0.15) is 0 Å². The van der Waals surface area contributed by atoms with Gasteiger partial charge in [0.25, 0.3) is 0 Å². The molecule has 1 aromatic rings. The van der Waals surface area contributed by atoms with E-state index in [0.29, 0.717) is 6.04 Å². The highest BCUT2D eigenvalue weighted by Gasteiger charge is 2.23. The maximum Gasteiger partial charge on any atom is 0.0413 e. The lowest BCUT2D eigenvalue weighted by Gasteiger charge is -2.35. The van der Waals surface area contributed by atoms with Crippen molar-refractivity contribution < 1.29 is 0 Å². The maximum absolute atomic E-state index is 3.54. The first kappa shape index (κ1) is 13.5. The molecule has 96 valence electrons. The number of piperidine rings is 1. The fourth-order valence-corrected chi connectivity index (χ4v) is 4.10. The standard InChI is InChI=1S/C13H21BrN2S/c1-10(13-7-12(14)9-17-13)16-5-3-11(4-6-16)8-15-2/h7,9-11,15H,3-6,8H2,1-2H3. The summed E-state index contributed by atoms with van der Waals surface area (Å²) in [6.45, 7) is 5.98. The number of hydrogen-bond donors (Lipinski definition) is 1. The number of rotatable bonds is 4. The Morgan fingerprint density at radius 3 is 2.76 bits per heavy atom. The predicted octanol–water partition coefficient (Wildman–Crippen LogP) is 3.50. The lowest BCUT2D eigenvalue weighted by molar-refractivity contribution is 0.143. The van der Waals surface area contributed by atoms with Crippen LogP contribution in [0.5, 0.6) is 0 Å². The van der Waals surface area contributed by atoms with Crippen LogP contribution >= 0.6 is 27.3 Å². The number of halogens is 1. The molecule has 0 amide bonds. The largest absolute Gasteiger partial charge is 0.319 e. The average molecular weight is 317 g/mol. The normalized spacial score (nSPS) is 20.6. The maximum atomic E-state index is 3.54. The molecule has 1 N–H and O–H groups in total. The van der Waals surface area contributed by atoms with Crippen LogP contribution in [0.4, 0.5) is 0 Å². The molecule has 0 radical (unpaired) electrons. The number of likely N-dealkylation sites (tertiary alicyclic amines) is 1. The molecule has 1 saturated heterocycles. The second-order valence-electron chi connectivity index (χ2n) is 4.88. The van der Waals surface area contributed by atoms with Crippen LogP contribution in [0.3, 0.4) is 0 Å². The van der Waals surface area contributed by atoms with Crippen molar-refractivity contribution in [3.05, 3.63) is 20.8 Å². The molecule has 17 heavy (non-hydrogen) atoms. The van der Waals surface area contributed by atoms with Crippen LogP contribution in [0.2, 0.25) is 0 Å². The van der Waals surface area contributed by atoms with Gasteiger partial charge in [-0.05, 0) is 74.4 Å². The zero-order valence-electron chi connectivity index (χ0n) is 10.6. The SMILES string of the molecule is CNCC1CCN(C(C)c2cc(Br)cs2)CC1. The summed E-state index contributed by atoms with van der Waals surface area (Å²) in [6.07, 6.45) is 2.66. The van der Waals surface area contributed by atoms with Crippen LogP contribution in [0.1, 0.15) is 30.7 Å². The van der Waals surface area contributed by atoms with Crippen molar-refractivity contribution >= 4 is 27.3 Å². The minimum absolute atomic E-state index is 0.571. The van der Waals surface area contributed by atoms with Gasteiger partial charge in [-0.15, -0.1) is 11.3 Å². The van der Waals surface area contributed by atoms with E-state index < -0.39 is 0 Å². The van der Waals surface area contributed by atoms with Gasteiger partial charge in [0.1, 0.15) is 0 Å². The van der Waals surface area contributed by atoms with Gasteiger partial charge in [-0.25, -0.2) is 0 Å². The molecular formula is C13H21BrN2S. The van der Waals surface area contributed by atoms with Gasteiger partial charge in [0.2, 0.25) is 0 Å². The Bertz CT molecular complexity index is 345. The van der Waals surface area contributed by atoms with Crippen molar-refractivity contribution in [2.75, 3.05) is 26.7 Å². The van der Waals surface area contributed by atoms with E-state index in [1.807, 2.05) is 11.3 Å². The lowest BCUT2D eigenvalue weighted by Crippen LogP contribution is -2.37. The molecule has 1 fully saturated rings. The molecule has 4 heteroatoms. The minimum atomic E-state index is 0.571. The Kier molecular flexibility index (Phi) is 5.03. The van der Waals surface area contributed by atoms with Gasteiger partial charge < -0.3 is 5.32 Å². The molecule has 0 spiro atoms. The van der Waals surface area contributed by atoms with Gasteiger partial charge in [0.15, 0.2) is 0 Å². The summed E-state index contributed by atoms with van der Waals surface area (Å²) >= 11 is 5.40. The number of thiophene rings is 1. The first-order chi connectivity index (χ1) is 8.20. The van der Waals surface area contributed by atoms with Crippen molar-refractivity contribution in [3.63, 3.8) is 0 Å². The van der Waals surface area contributed by atoms with Crippen molar-refractivity contribution in [1.82, 2.24) is 10.2 Å². The molecule has 0 aliphatic carbocycles. The average Bonchev–Trinajstić information content (AvgIpc) is 2.76. The quantitative estimate of drug-likeness (QED) is 0.914. The third-order valence-corrected chi connectivity index (χ3v) is 5.55. The van der Waals surface area contributed by atoms with E-state index in [0.717, 1.165) is 5.92 Å². The zero-order chi connectivity index (χ0) is 12.3. The molecule has 1 aromatic heterocycles. The van der Waals surface area contributed by atoms with Gasteiger partial charge in [-0.3, -0.25) is 4.90 Å². The molecule has 2 rings (SSSR count). The van der Waals surface area contributed by atoms with Crippen LogP contribution in [0.25, 0.3) is 0 Å². The number of hydrogen-bond acceptors (Lipinski definition) is 3. The molecule has 2 nitrogen and oxygen atoms in total. The molecule has 1 aliphatic rings. The fraction of sp³-hybridized carbons (Fsp3) is 0.692. The predicted molar refractivity (Wildman–Crippen MR) is 78.7 cm³/mol. The van der Waals surface area contributed by atoms with Crippen molar-refractivity contribution in [2.24, 2.45) is 5.92 Å². The third kappa shape index (κ3) is 3.53. The van der Waals surface area contributed by atoms with E-state index in [-0.39, 0.29) is 0 Å². The molecule has 0 saturated carbocycles. The molecule has 1 aliphatic heterocycles. The highest BCUT2D eigenvalue weighted by molar-refractivity contribution is 9.10. The summed E-state index contributed by atoms with van der Waals surface area (Å²) in [7, 11) is 2.05. The Morgan fingerprint density at radius 2 is 2.24 bits per heavy atom. The Balaban J connectivity index is 1.88. The van der Waals surface area contributed by atoms with Crippen LogP contribution in [-0.4, -0.2) is 31.6 Å². The highest BCUT2D eigenvalue weighted by Crippen LogP contribution is 2.31. The van der Waals surface area contributed by atoms with Crippen LogP contribution < -0.4 is 5.32 Å². The monoisotopic (exact) mass is 316 g/mol. The van der Waals surface area contributed by atoms with E-state index in [1.165, 1.54) is 41.8 Å². The van der Waals surface area contributed by atoms with Crippen LogP contribution in [0.15, 0.2) is 15.9 Å². The van der Waals surface area contributed by atoms with E-state index in [9.17, 15) is 0 Å². The third-order valence-electron chi connectivity index (χ3n) is 3.69. The zero-order valence-corrected chi connectivity index (χ0v) is 13.0. The summed E-state index contributed by atoms with van der Waals surface area (Å²) in [5.41, 5.74) is 0. The van der Waals surface area contributed by atoms with Crippen molar-refractivity contribution in [1.29, 1.82) is 0 Å². The van der Waals surface area contributed by atoms with Crippen LogP contribution in [0, 0.1) is 5.92 Å². The number of nitrogens with zero attached hydrogens (tertiary/aromatic N) is 1. The summed E-state index contributed by atoms with van der Waals surface area (Å²) < 4.78 is 1.22. The van der Waals surface area contributed by atoms with Crippen molar-refractivity contribution in [3.8, 4) is 0 Å². The molecule has 2 heterocycles. The number of nitrogens with one attached hydrogen (secondary N) is 1. The molecule has 1 unspecified atom stereocenters.